The second-order valence-electron chi connectivity index (χ2n) is 9.93. The number of hydrogen-bond donors (Lipinski definition) is 2. The van der Waals surface area contributed by atoms with E-state index in [1.807, 2.05) is 42.0 Å². The highest BCUT2D eigenvalue weighted by molar-refractivity contribution is 7.99. The van der Waals surface area contributed by atoms with Gasteiger partial charge in [-0.15, -0.1) is 0 Å². The van der Waals surface area contributed by atoms with Crippen LogP contribution in [0.4, 0.5) is 13.6 Å². The molecule has 1 aliphatic rings. The van der Waals surface area contributed by atoms with Gasteiger partial charge in [0.25, 0.3) is 15.8 Å². The first-order valence-corrected chi connectivity index (χ1v) is 15.8. The monoisotopic (exact) mass is 588 g/mol. The fraction of sp³-hybridized carbons (Fsp3) is 0.379. The molecule has 7 nitrogen and oxygen atoms in total. The highest BCUT2D eigenvalue weighted by Crippen LogP contribution is 2.28. The average Bonchev–Trinajstić information content (AvgIpc) is 3.41. The zero-order valence-corrected chi connectivity index (χ0v) is 23.9. The highest BCUT2D eigenvalue weighted by atomic mass is 32.2. The van der Waals surface area contributed by atoms with Gasteiger partial charge in [0, 0.05) is 36.5 Å². The maximum atomic E-state index is 13.1. The molecule has 0 spiro atoms. The Morgan fingerprint density at radius 1 is 1.18 bits per heavy atom. The summed E-state index contributed by atoms with van der Waals surface area (Å²) in [5.41, 5.74) is 2.90. The molecule has 2 atom stereocenters. The molecule has 4 rings (SSSR count). The number of allylic oxidation sites excluding steroid dienone is 2. The van der Waals surface area contributed by atoms with Crippen LogP contribution < -0.4 is 10.0 Å². The fourth-order valence-electron chi connectivity index (χ4n) is 4.67. The van der Waals surface area contributed by atoms with Crippen molar-refractivity contribution < 1.29 is 22.0 Å². The number of alkyl halides is 2. The summed E-state index contributed by atoms with van der Waals surface area (Å²) in [5, 5.41) is 2.66. The molecule has 0 radical (unpaired) electrons. The van der Waals surface area contributed by atoms with Crippen molar-refractivity contribution >= 4 is 27.8 Å². The van der Waals surface area contributed by atoms with Crippen LogP contribution in [-0.4, -0.2) is 42.1 Å². The second-order valence-corrected chi connectivity index (χ2v) is 12.6. The van der Waals surface area contributed by atoms with Crippen LogP contribution in [0, 0.1) is 5.92 Å². The molecule has 1 aliphatic carbocycles. The Morgan fingerprint density at radius 2 is 1.95 bits per heavy atom. The van der Waals surface area contributed by atoms with E-state index in [1.165, 1.54) is 6.07 Å². The van der Waals surface area contributed by atoms with Crippen molar-refractivity contribution in [3.05, 3.63) is 84.5 Å². The normalized spacial score (nSPS) is 16.1. The lowest BCUT2D eigenvalue weighted by Gasteiger charge is -2.16. The van der Waals surface area contributed by atoms with Crippen molar-refractivity contribution in [2.75, 3.05) is 12.3 Å². The summed E-state index contributed by atoms with van der Waals surface area (Å²) < 4.78 is 55.2. The number of carbonyl (C=O) groups excluding carboxylic acids is 1. The van der Waals surface area contributed by atoms with Crippen LogP contribution in [-0.2, 0) is 16.6 Å². The smallest absolute Gasteiger partial charge is 0.328 e. The number of hydrogen-bond acceptors (Lipinski definition) is 5. The van der Waals surface area contributed by atoms with E-state index in [1.54, 1.807) is 24.5 Å². The van der Waals surface area contributed by atoms with Crippen LogP contribution in [0.3, 0.4) is 0 Å². The van der Waals surface area contributed by atoms with Crippen LogP contribution in [0.2, 0.25) is 0 Å². The number of thioether (sulfide) groups is 1. The molecule has 0 bridgehead atoms. The molecule has 11 heteroatoms. The number of rotatable bonds is 12. The number of halogens is 2. The minimum absolute atomic E-state index is 0.0167. The molecule has 0 fully saturated rings. The molecule has 1 aromatic heterocycles. The Kier molecular flexibility index (Phi) is 10.4. The van der Waals surface area contributed by atoms with Gasteiger partial charge >= 0.3 is 6.03 Å². The SMILES string of the molecule is CC(CSC(F)F)c1cn(Cc2ccc(-c3ccccc3S(=O)(=O)NC(=O)NCCC3C=CCCC3)cc2)cn1. The zero-order chi connectivity index (χ0) is 28.5. The number of amides is 2. The molecule has 2 aromatic carbocycles. The Bertz CT molecular complexity index is 1410. The number of aromatic nitrogens is 2. The van der Waals surface area contributed by atoms with Crippen molar-refractivity contribution in [2.24, 2.45) is 5.92 Å². The molecule has 2 amide bonds. The third kappa shape index (κ3) is 8.41. The lowest BCUT2D eigenvalue weighted by molar-refractivity contribution is 0.245. The van der Waals surface area contributed by atoms with E-state index in [0.717, 1.165) is 36.9 Å². The van der Waals surface area contributed by atoms with Crippen LogP contribution in [0.25, 0.3) is 11.1 Å². The molecular weight excluding hydrogens is 554 g/mol. The number of benzene rings is 2. The van der Waals surface area contributed by atoms with Crippen LogP contribution in [0.5, 0.6) is 0 Å². The van der Waals surface area contributed by atoms with E-state index < -0.39 is 21.8 Å². The Morgan fingerprint density at radius 3 is 2.67 bits per heavy atom. The van der Waals surface area contributed by atoms with E-state index in [4.69, 9.17) is 0 Å². The zero-order valence-electron chi connectivity index (χ0n) is 22.3. The third-order valence-corrected chi connectivity index (χ3v) is 9.15. The molecular formula is C29H34F2N4O3S2. The second kappa shape index (κ2) is 13.9. The maximum Gasteiger partial charge on any atom is 0.328 e. The summed E-state index contributed by atoms with van der Waals surface area (Å²) in [7, 11) is -4.11. The summed E-state index contributed by atoms with van der Waals surface area (Å²) in [6.45, 7) is 2.79. The van der Waals surface area contributed by atoms with Gasteiger partial charge in [-0.3, -0.25) is 0 Å². The Hall–Kier alpha value is -3.18. The van der Waals surface area contributed by atoms with E-state index >= 15 is 0 Å². The summed E-state index contributed by atoms with van der Waals surface area (Å²) in [6, 6.07) is 13.3. The molecule has 0 saturated carbocycles. The molecule has 0 saturated heterocycles. The lowest BCUT2D eigenvalue weighted by atomic mass is 9.93. The van der Waals surface area contributed by atoms with Gasteiger partial charge < -0.3 is 9.88 Å². The Balaban J connectivity index is 1.38. The van der Waals surface area contributed by atoms with Crippen molar-refractivity contribution in [3.63, 3.8) is 0 Å². The van der Waals surface area contributed by atoms with Crippen molar-refractivity contribution in [2.45, 2.75) is 55.7 Å². The summed E-state index contributed by atoms with van der Waals surface area (Å²) in [4.78, 5) is 16.8. The molecule has 214 valence electrons. The van der Waals surface area contributed by atoms with Crippen molar-refractivity contribution in [3.8, 4) is 11.1 Å². The first-order valence-electron chi connectivity index (χ1n) is 13.3. The van der Waals surface area contributed by atoms with E-state index in [9.17, 15) is 22.0 Å². The molecule has 40 heavy (non-hydrogen) atoms. The van der Waals surface area contributed by atoms with E-state index in [0.29, 0.717) is 47.6 Å². The van der Waals surface area contributed by atoms with Gasteiger partial charge in [-0.2, -0.15) is 8.78 Å². The van der Waals surface area contributed by atoms with Gasteiger partial charge in [-0.25, -0.2) is 22.9 Å². The molecule has 2 N–H and O–H groups in total. The standard InChI is InChI=1S/C29H34F2N4O3S2/c1-21(19-39-28(30)31)26-18-35(20-33-26)17-23-11-13-24(14-12-23)25-9-5-6-10-27(25)40(37,38)34-29(36)32-16-15-22-7-3-2-4-8-22/h3,5-7,9-14,18,20-22,28H,2,4,8,15-17,19H2,1H3,(H2,32,34,36). The number of carbonyl (C=O) groups is 1. The predicted octanol–water partition coefficient (Wildman–Crippen LogP) is 6.39. The van der Waals surface area contributed by atoms with Crippen molar-refractivity contribution in [1.82, 2.24) is 19.6 Å². The number of sulfonamides is 1. The molecule has 0 aliphatic heterocycles. The average molecular weight is 589 g/mol. The highest BCUT2D eigenvalue weighted by Gasteiger charge is 2.22. The largest absolute Gasteiger partial charge is 0.337 e. The molecule has 3 aromatic rings. The van der Waals surface area contributed by atoms with Gasteiger partial charge in [-0.05, 0) is 48.8 Å². The van der Waals surface area contributed by atoms with Gasteiger partial charge in [0.2, 0.25) is 0 Å². The topological polar surface area (TPSA) is 93.1 Å². The quantitative estimate of drug-likeness (QED) is 0.239. The summed E-state index contributed by atoms with van der Waals surface area (Å²) >= 11 is 0.607. The van der Waals surface area contributed by atoms with Crippen LogP contribution >= 0.6 is 11.8 Å². The first kappa shape index (κ1) is 29.8. The molecule has 1 heterocycles. The molecule has 2 unspecified atom stereocenters. The number of urea groups is 1. The lowest BCUT2D eigenvalue weighted by Crippen LogP contribution is -2.40. The Labute approximate surface area is 238 Å². The van der Waals surface area contributed by atoms with Gasteiger partial charge in [0.15, 0.2) is 0 Å². The van der Waals surface area contributed by atoms with Crippen LogP contribution in [0.15, 0.2) is 78.1 Å². The maximum absolute atomic E-state index is 13.1. The van der Waals surface area contributed by atoms with Crippen molar-refractivity contribution in [1.29, 1.82) is 0 Å². The number of imidazole rings is 1. The van der Waals surface area contributed by atoms with E-state index in [-0.39, 0.29) is 10.8 Å². The van der Waals surface area contributed by atoms with Gasteiger partial charge in [0.1, 0.15) is 0 Å². The van der Waals surface area contributed by atoms with Crippen LogP contribution in [0.1, 0.15) is 49.8 Å². The van der Waals surface area contributed by atoms with E-state index in [2.05, 4.69) is 27.2 Å². The predicted molar refractivity (Wildman–Crippen MR) is 155 cm³/mol. The minimum Gasteiger partial charge on any atom is -0.337 e. The first-order chi connectivity index (χ1) is 19.2. The van der Waals surface area contributed by atoms with Gasteiger partial charge in [-0.1, -0.05) is 73.3 Å². The fourth-order valence-corrected chi connectivity index (χ4v) is 6.43. The van der Waals surface area contributed by atoms with Gasteiger partial charge in [0.05, 0.1) is 16.9 Å². The third-order valence-electron chi connectivity index (χ3n) is 6.82. The number of nitrogens with zero attached hydrogens (tertiary/aromatic N) is 2. The summed E-state index contributed by atoms with van der Waals surface area (Å²) in [5.74, 6) is -1.79. The summed E-state index contributed by atoms with van der Waals surface area (Å²) in [6.07, 6.45) is 11.9. The minimum atomic E-state index is -4.11. The number of nitrogens with one attached hydrogen (secondary N) is 2.